The Hall–Kier alpha value is -2.14. The van der Waals surface area contributed by atoms with E-state index in [0.717, 1.165) is 17.5 Å². The molecule has 23 heavy (non-hydrogen) atoms. The van der Waals surface area contributed by atoms with Crippen LogP contribution >= 0.6 is 23.1 Å². The second-order valence-corrected chi connectivity index (χ2v) is 6.34. The largest absolute Gasteiger partial charge is 0.468 e. The Bertz CT molecular complexity index is 713. The molecule has 0 aromatic carbocycles. The minimum Gasteiger partial charge on any atom is -0.468 e. The van der Waals surface area contributed by atoms with Crippen molar-refractivity contribution in [3.8, 4) is 0 Å². The highest BCUT2D eigenvalue weighted by Gasteiger charge is 2.23. The molecular weight excluding hydrogens is 340 g/mol. The third-order valence-electron chi connectivity index (χ3n) is 2.85. The van der Waals surface area contributed by atoms with Gasteiger partial charge in [0.1, 0.15) is 6.04 Å². The lowest BCUT2D eigenvalue weighted by atomic mass is 10.3. The predicted octanol–water partition coefficient (Wildman–Crippen LogP) is 1.09. The summed E-state index contributed by atoms with van der Waals surface area (Å²) in [5.41, 5.74) is 6.61. The predicted molar refractivity (Wildman–Crippen MR) is 87.4 cm³/mol. The number of hydrogen-bond acceptors (Lipinski definition) is 9. The number of nitrogens with one attached hydrogen (secondary N) is 1. The summed E-state index contributed by atoms with van der Waals surface area (Å²) in [6.45, 7) is 3.51. The maximum atomic E-state index is 12.3. The molecule has 124 valence electrons. The van der Waals surface area contributed by atoms with Crippen molar-refractivity contribution in [3.05, 3.63) is 11.1 Å². The number of methoxy groups -OCH3 is 1. The van der Waals surface area contributed by atoms with Gasteiger partial charge in [-0.25, -0.2) is 4.98 Å². The van der Waals surface area contributed by atoms with Gasteiger partial charge in [0, 0.05) is 5.38 Å². The Morgan fingerprint density at radius 2 is 2.26 bits per heavy atom. The second kappa shape index (κ2) is 7.42. The summed E-state index contributed by atoms with van der Waals surface area (Å²) in [6, 6.07) is -0.658. The van der Waals surface area contributed by atoms with E-state index in [1.165, 1.54) is 23.0 Å². The fourth-order valence-corrected chi connectivity index (χ4v) is 3.22. The van der Waals surface area contributed by atoms with Gasteiger partial charge in [-0.3, -0.25) is 14.2 Å². The Kier molecular flexibility index (Phi) is 5.55. The number of aromatic nitrogens is 4. The van der Waals surface area contributed by atoms with Crippen LogP contribution in [-0.4, -0.2) is 44.5 Å². The van der Waals surface area contributed by atoms with Crippen molar-refractivity contribution in [2.24, 2.45) is 0 Å². The molecule has 11 heteroatoms. The van der Waals surface area contributed by atoms with Crippen molar-refractivity contribution in [1.29, 1.82) is 0 Å². The van der Waals surface area contributed by atoms with Crippen LogP contribution in [0.4, 0.5) is 11.1 Å². The van der Waals surface area contributed by atoms with Crippen LogP contribution in [-0.2, 0) is 14.3 Å². The molecule has 2 heterocycles. The van der Waals surface area contributed by atoms with Crippen molar-refractivity contribution >= 4 is 46.1 Å². The van der Waals surface area contributed by atoms with E-state index in [2.05, 4.69) is 25.2 Å². The number of carbonyl (C=O) groups is 2. The van der Waals surface area contributed by atoms with Crippen molar-refractivity contribution < 1.29 is 14.3 Å². The monoisotopic (exact) mass is 356 g/mol. The molecule has 0 radical (unpaired) electrons. The standard InChI is InChI=1S/C12H16N6O3S2/c1-6-4-22-11(14-6)15-9(20)7(2)18-10(13)16-17-12(18)23-5-8(19)21-3/h4,7H,5H2,1-3H3,(H2,13,16)(H,14,15,20). The number of thiazole rings is 1. The molecule has 0 bridgehead atoms. The van der Waals surface area contributed by atoms with E-state index in [0.29, 0.717) is 10.3 Å². The molecule has 2 aromatic heterocycles. The molecule has 1 amide bonds. The van der Waals surface area contributed by atoms with Gasteiger partial charge in [0.05, 0.1) is 18.6 Å². The van der Waals surface area contributed by atoms with E-state index in [4.69, 9.17) is 5.73 Å². The third-order valence-corrected chi connectivity index (χ3v) is 4.65. The van der Waals surface area contributed by atoms with E-state index >= 15 is 0 Å². The van der Waals surface area contributed by atoms with Crippen molar-refractivity contribution in [1.82, 2.24) is 19.7 Å². The fourth-order valence-electron chi connectivity index (χ4n) is 1.67. The highest BCUT2D eigenvalue weighted by atomic mass is 32.2. The molecule has 9 nitrogen and oxygen atoms in total. The van der Waals surface area contributed by atoms with Crippen LogP contribution in [0.2, 0.25) is 0 Å². The molecule has 2 aromatic rings. The molecule has 0 aliphatic rings. The van der Waals surface area contributed by atoms with E-state index in [-0.39, 0.29) is 17.6 Å². The van der Waals surface area contributed by atoms with Gasteiger partial charge in [-0.2, -0.15) is 0 Å². The maximum Gasteiger partial charge on any atom is 0.316 e. The first kappa shape index (κ1) is 17.2. The number of anilines is 2. The van der Waals surface area contributed by atoms with Crippen LogP contribution in [0.3, 0.4) is 0 Å². The Balaban J connectivity index is 2.11. The van der Waals surface area contributed by atoms with Crippen LogP contribution in [0.15, 0.2) is 10.5 Å². The number of esters is 1. The molecule has 1 unspecified atom stereocenters. The van der Waals surface area contributed by atoms with E-state index < -0.39 is 12.0 Å². The second-order valence-electron chi connectivity index (χ2n) is 4.53. The van der Waals surface area contributed by atoms with Crippen molar-refractivity contribution in [2.45, 2.75) is 25.0 Å². The SMILES string of the molecule is COC(=O)CSc1nnc(N)n1C(C)C(=O)Nc1nc(C)cs1. The topological polar surface area (TPSA) is 125 Å². The number of nitrogens with zero attached hydrogens (tertiary/aromatic N) is 4. The van der Waals surface area contributed by atoms with Gasteiger partial charge in [-0.1, -0.05) is 11.8 Å². The van der Waals surface area contributed by atoms with Crippen LogP contribution in [0.5, 0.6) is 0 Å². The molecule has 0 saturated heterocycles. The number of nitrogens with two attached hydrogens (primary N) is 1. The number of rotatable bonds is 6. The minimum absolute atomic E-state index is 0.0502. The molecule has 0 saturated carbocycles. The lowest BCUT2D eigenvalue weighted by Crippen LogP contribution is -2.25. The summed E-state index contributed by atoms with van der Waals surface area (Å²) in [5, 5.41) is 13.1. The summed E-state index contributed by atoms with van der Waals surface area (Å²) < 4.78 is 6.03. The van der Waals surface area contributed by atoms with Crippen LogP contribution in [0, 0.1) is 6.92 Å². The molecule has 2 rings (SSSR count). The molecule has 0 spiro atoms. The highest BCUT2D eigenvalue weighted by Crippen LogP contribution is 2.24. The van der Waals surface area contributed by atoms with Crippen LogP contribution in [0.25, 0.3) is 0 Å². The molecule has 3 N–H and O–H groups in total. The average molecular weight is 356 g/mol. The third kappa shape index (κ3) is 4.20. The normalized spacial score (nSPS) is 12.0. The number of nitrogen functional groups attached to an aromatic ring is 1. The summed E-state index contributed by atoms with van der Waals surface area (Å²) >= 11 is 2.44. The Labute approximate surface area is 140 Å². The summed E-state index contributed by atoms with van der Waals surface area (Å²) in [6.07, 6.45) is 0. The first-order valence-corrected chi connectivity index (χ1v) is 8.42. The number of ether oxygens (including phenoxy) is 1. The van der Waals surface area contributed by atoms with E-state index in [1.807, 2.05) is 12.3 Å². The van der Waals surface area contributed by atoms with Gasteiger partial charge in [-0.15, -0.1) is 21.5 Å². The van der Waals surface area contributed by atoms with Crippen LogP contribution in [0.1, 0.15) is 18.7 Å². The summed E-state index contributed by atoms with van der Waals surface area (Å²) in [4.78, 5) is 27.8. The zero-order valence-electron chi connectivity index (χ0n) is 12.8. The van der Waals surface area contributed by atoms with Gasteiger partial charge in [0.25, 0.3) is 0 Å². The lowest BCUT2D eigenvalue weighted by molar-refractivity contribution is -0.137. The van der Waals surface area contributed by atoms with Gasteiger partial charge in [0.15, 0.2) is 10.3 Å². The van der Waals surface area contributed by atoms with Gasteiger partial charge in [-0.05, 0) is 13.8 Å². The Morgan fingerprint density at radius 1 is 1.52 bits per heavy atom. The first-order valence-electron chi connectivity index (χ1n) is 6.55. The van der Waals surface area contributed by atoms with Gasteiger partial charge < -0.3 is 15.8 Å². The number of thioether (sulfide) groups is 1. The number of amides is 1. The van der Waals surface area contributed by atoms with Crippen LogP contribution < -0.4 is 11.1 Å². The van der Waals surface area contributed by atoms with Gasteiger partial charge in [0.2, 0.25) is 11.9 Å². The first-order chi connectivity index (χ1) is 10.9. The number of hydrogen-bond donors (Lipinski definition) is 2. The van der Waals surface area contributed by atoms with Crippen molar-refractivity contribution in [3.63, 3.8) is 0 Å². The summed E-state index contributed by atoms with van der Waals surface area (Å²) in [5.74, 6) is -0.561. The minimum atomic E-state index is -0.658. The zero-order valence-corrected chi connectivity index (χ0v) is 14.4. The van der Waals surface area contributed by atoms with Crippen molar-refractivity contribution in [2.75, 3.05) is 23.9 Å². The smallest absolute Gasteiger partial charge is 0.316 e. The zero-order chi connectivity index (χ0) is 17.0. The molecule has 0 fully saturated rings. The average Bonchev–Trinajstić information content (AvgIpc) is 3.09. The fraction of sp³-hybridized carbons (Fsp3) is 0.417. The summed E-state index contributed by atoms with van der Waals surface area (Å²) in [7, 11) is 1.30. The maximum absolute atomic E-state index is 12.3. The lowest BCUT2D eigenvalue weighted by Gasteiger charge is -2.15. The number of aryl methyl sites for hydroxylation is 1. The quantitative estimate of drug-likeness (QED) is 0.582. The molecule has 0 aliphatic carbocycles. The molecular formula is C12H16N6O3S2. The van der Waals surface area contributed by atoms with E-state index in [1.54, 1.807) is 6.92 Å². The molecule has 1 atom stereocenters. The molecule has 0 aliphatic heterocycles. The number of carbonyl (C=O) groups excluding carboxylic acids is 2. The Morgan fingerprint density at radius 3 is 2.87 bits per heavy atom. The van der Waals surface area contributed by atoms with E-state index in [9.17, 15) is 9.59 Å². The highest BCUT2D eigenvalue weighted by molar-refractivity contribution is 7.99. The van der Waals surface area contributed by atoms with Gasteiger partial charge >= 0.3 is 5.97 Å².